The maximum absolute atomic E-state index is 12.2. The van der Waals surface area contributed by atoms with E-state index in [4.69, 9.17) is 0 Å². The number of hydrogen-bond acceptors (Lipinski definition) is 3. The van der Waals surface area contributed by atoms with Gasteiger partial charge in [0.25, 0.3) is 0 Å². The molecule has 0 aliphatic heterocycles. The molecule has 0 N–H and O–H groups in total. The average Bonchev–Trinajstić information content (AvgIpc) is 2.61. The van der Waals surface area contributed by atoms with Gasteiger partial charge >= 0.3 is 5.97 Å². The monoisotopic (exact) mass is 323 g/mol. The fraction of sp³-hybridized carbons (Fsp3) is 0.200. The van der Waals surface area contributed by atoms with Gasteiger partial charge in [0.1, 0.15) is 0 Å². The number of ether oxygens (including phenoxy) is 1. The van der Waals surface area contributed by atoms with Crippen molar-refractivity contribution >= 4 is 18.0 Å². The third-order valence-electron chi connectivity index (χ3n) is 3.80. The van der Waals surface area contributed by atoms with Crippen LogP contribution in [0.25, 0.3) is 6.08 Å². The fourth-order valence-corrected chi connectivity index (χ4v) is 2.26. The molecule has 4 heteroatoms. The van der Waals surface area contributed by atoms with Crippen LogP contribution < -0.4 is 0 Å². The summed E-state index contributed by atoms with van der Waals surface area (Å²) >= 11 is 0. The van der Waals surface area contributed by atoms with Crippen molar-refractivity contribution in [2.75, 3.05) is 14.2 Å². The molecule has 0 spiro atoms. The molecule has 0 saturated heterocycles. The lowest BCUT2D eigenvalue weighted by Crippen LogP contribution is -2.24. The Morgan fingerprint density at radius 2 is 1.75 bits per heavy atom. The highest BCUT2D eigenvalue weighted by Gasteiger charge is 2.07. The Hall–Kier alpha value is -2.88. The zero-order valence-corrected chi connectivity index (χ0v) is 14.2. The largest absolute Gasteiger partial charge is 0.465 e. The van der Waals surface area contributed by atoms with Gasteiger partial charge in [-0.2, -0.15) is 0 Å². The standard InChI is InChI=1S/C20H21NO3/c1-15-6-4-5-7-18(15)14-21(2)19(22)13-10-16-8-11-17(12-9-16)20(23)24-3/h4-13H,14H2,1-3H3/b13-10+. The smallest absolute Gasteiger partial charge is 0.337 e. The number of carbonyl (C=O) groups is 2. The van der Waals surface area contributed by atoms with Crippen molar-refractivity contribution in [1.82, 2.24) is 4.90 Å². The van der Waals surface area contributed by atoms with Gasteiger partial charge in [-0.1, -0.05) is 36.4 Å². The molecule has 2 aromatic rings. The summed E-state index contributed by atoms with van der Waals surface area (Å²) < 4.78 is 4.65. The van der Waals surface area contributed by atoms with E-state index in [2.05, 4.69) is 4.74 Å². The highest BCUT2D eigenvalue weighted by atomic mass is 16.5. The van der Waals surface area contributed by atoms with Gasteiger partial charge in [-0.05, 0) is 41.8 Å². The second-order valence-corrected chi connectivity index (χ2v) is 5.57. The number of amides is 1. The first-order chi connectivity index (χ1) is 11.5. The van der Waals surface area contributed by atoms with E-state index in [1.54, 1.807) is 42.3 Å². The number of nitrogens with zero attached hydrogens (tertiary/aromatic N) is 1. The summed E-state index contributed by atoms with van der Waals surface area (Å²) in [4.78, 5) is 25.3. The van der Waals surface area contributed by atoms with Crippen LogP contribution in [-0.2, 0) is 16.1 Å². The van der Waals surface area contributed by atoms with Crippen LogP contribution in [0.1, 0.15) is 27.0 Å². The van der Waals surface area contributed by atoms with E-state index in [0.29, 0.717) is 12.1 Å². The maximum Gasteiger partial charge on any atom is 0.337 e. The molecule has 0 aliphatic carbocycles. The zero-order chi connectivity index (χ0) is 17.5. The molecule has 2 rings (SSSR count). The maximum atomic E-state index is 12.2. The minimum Gasteiger partial charge on any atom is -0.465 e. The fourth-order valence-electron chi connectivity index (χ4n) is 2.26. The Labute approximate surface area is 142 Å². The highest BCUT2D eigenvalue weighted by Crippen LogP contribution is 2.11. The molecule has 4 nitrogen and oxygen atoms in total. The molecule has 2 aromatic carbocycles. The third-order valence-corrected chi connectivity index (χ3v) is 3.80. The number of carbonyl (C=O) groups excluding carboxylic acids is 2. The number of benzene rings is 2. The third kappa shape index (κ3) is 4.56. The van der Waals surface area contributed by atoms with Crippen molar-refractivity contribution in [2.45, 2.75) is 13.5 Å². The van der Waals surface area contributed by atoms with Gasteiger partial charge in [0.15, 0.2) is 0 Å². The summed E-state index contributed by atoms with van der Waals surface area (Å²) in [5.74, 6) is -0.449. The van der Waals surface area contributed by atoms with Crippen molar-refractivity contribution in [3.63, 3.8) is 0 Å². The highest BCUT2D eigenvalue weighted by molar-refractivity contribution is 5.92. The molecule has 0 unspecified atom stereocenters. The molecule has 24 heavy (non-hydrogen) atoms. The Morgan fingerprint density at radius 1 is 1.08 bits per heavy atom. The van der Waals surface area contributed by atoms with Crippen LogP contribution in [0.15, 0.2) is 54.6 Å². The molecule has 0 aliphatic rings. The van der Waals surface area contributed by atoms with Crippen LogP contribution in [0, 0.1) is 6.92 Å². The summed E-state index contributed by atoms with van der Waals surface area (Å²) in [7, 11) is 3.12. The summed E-state index contributed by atoms with van der Waals surface area (Å²) in [6.07, 6.45) is 3.27. The first-order valence-corrected chi connectivity index (χ1v) is 7.67. The van der Waals surface area contributed by atoms with E-state index >= 15 is 0 Å². The van der Waals surface area contributed by atoms with Gasteiger partial charge in [0, 0.05) is 19.7 Å². The van der Waals surface area contributed by atoms with E-state index < -0.39 is 0 Å². The average molecular weight is 323 g/mol. The molecule has 0 aromatic heterocycles. The van der Waals surface area contributed by atoms with Gasteiger partial charge < -0.3 is 9.64 Å². The second-order valence-electron chi connectivity index (χ2n) is 5.57. The number of esters is 1. The van der Waals surface area contributed by atoms with Crippen LogP contribution in [0.2, 0.25) is 0 Å². The number of methoxy groups -OCH3 is 1. The van der Waals surface area contributed by atoms with Gasteiger partial charge in [0.05, 0.1) is 12.7 Å². The first kappa shape index (κ1) is 17.5. The van der Waals surface area contributed by atoms with Crippen molar-refractivity contribution < 1.29 is 14.3 Å². The van der Waals surface area contributed by atoms with Crippen molar-refractivity contribution in [3.05, 3.63) is 76.9 Å². The SMILES string of the molecule is COC(=O)c1ccc(/C=C/C(=O)N(C)Cc2ccccc2C)cc1. The van der Waals surface area contributed by atoms with Crippen LogP contribution in [-0.4, -0.2) is 30.9 Å². The second kappa shape index (κ2) is 8.11. The summed E-state index contributed by atoms with van der Waals surface area (Å²) in [5.41, 5.74) is 3.63. The minimum absolute atomic E-state index is 0.0738. The predicted molar refractivity (Wildman–Crippen MR) is 94.5 cm³/mol. The predicted octanol–water partition coefficient (Wildman–Crippen LogP) is 3.45. The Balaban J connectivity index is 1.99. The van der Waals surface area contributed by atoms with E-state index in [1.807, 2.05) is 31.2 Å². The van der Waals surface area contributed by atoms with Gasteiger partial charge in [-0.15, -0.1) is 0 Å². The summed E-state index contributed by atoms with van der Waals surface area (Å²) in [6.45, 7) is 2.60. The topological polar surface area (TPSA) is 46.6 Å². The van der Waals surface area contributed by atoms with Gasteiger partial charge in [-0.25, -0.2) is 4.79 Å². The van der Waals surface area contributed by atoms with Crippen molar-refractivity contribution in [3.8, 4) is 0 Å². The van der Waals surface area contributed by atoms with Crippen LogP contribution in [0.5, 0.6) is 0 Å². The van der Waals surface area contributed by atoms with E-state index in [9.17, 15) is 9.59 Å². The Bertz CT molecular complexity index is 748. The molecule has 0 heterocycles. The summed E-state index contributed by atoms with van der Waals surface area (Å²) in [5, 5.41) is 0. The summed E-state index contributed by atoms with van der Waals surface area (Å²) in [6, 6.07) is 14.9. The molecule has 0 atom stereocenters. The zero-order valence-electron chi connectivity index (χ0n) is 14.2. The van der Waals surface area contributed by atoms with E-state index in [-0.39, 0.29) is 11.9 Å². The quantitative estimate of drug-likeness (QED) is 0.625. The van der Waals surface area contributed by atoms with Crippen LogP contribution in [0.4, 0.5) is 0 Å². The molecular formula is C20H21NO3. The van der Waals surface area contributed by atoms with Gasteiger partial charge in [-0.3, -0.25) is 4.79 Å². The number of aryl methyl sites for hydroxylation is 1. The Kier molecular flexibility index (Phi) is 5.90. The molecular weight excluding hydrogens is 302 g/mol. The number of hydrogen-bond donors (Lipinski definition) is 0. The van der Waals surface area contributed by atoms with Gasteiger partial charge in [0.2, 0.25) is 5.91 Å². The lowest BCUT2D eigenvalue weighted by atomic mass is 10.1. The number of likely N-dealkylation sites (N-methyl/N-ethyl adjacent to an activating group) is 1. The molecule has 0 bridgehead atoms. The lowest BCUT2D eigenvalue weighted by Gasteiger charge is -2.16. The molecule has 124 valence electrons. The van der Waals surface area contributed by atoms with Crippen LogP contribution in [0.3, 0.4) is 0 Å². The van der Waals surface area contributed by atoms with Crippen LogP contribution >= 0.6 is 0 Å². The van der Waals surface area contributed by atoms with E-state index in [1.165, 1.54) is 18.7 Å². The first-order valence-electron chi connectivity index (χ1n) is 7.67. The Morgan fingerprint density at radius 3 is 2.38 bits per heavy atom. The molecule has 0 saturated carbocycles. The normalized spacial score (nSPS) is 10.6. The number of rotatable bonds is 5. The molecule has 0 fully saturated rings. The van der Waals surface area contributed by atoms with Crippen molar-refractivity contribution in [2.24, 2.45) is 0 Å². The molecule has 0 radical (unpaired) electrons. The lowest BCUT2D eigenvalue weighted by molar-refractivity contribution is -0.125. The minimum atomic E-state index is -0.375. The molecule has 1 amide bonds. The van der Waals surface area contributed by atoms with E-state index in [0.717, 1.165) is 11.1 Å². The van der Waals surface area contributed by atoms with Crippen molar-refractivity contribution in [1.29, 1.82) is 0 Å².